The SMILES string of the molecule is CC(C)(C)C(O)c1cc2ccc(Cl)c(Cl)c2o1. The summed E-state index contributed by atoms with van der Waals surface area (Å²) in [5.41, 5.74) is 0.238. The van der Waals surface area contributed by atoms with Gasteiger partial charge in [-0.15, -0.1) is 0 Å². The van der Waals surface area contributed by atoms with Gasteiger partial charge < -0.3 is 9.52 Å². The predicted molar refractivity (Wildman–Crippen MR) is 70.6 cm³/mol. The van der Waals surface area contributed by atoms with Crippen molar-refractivity contribution in [1.29, 1.82) is 0 Å². The van der Waals surface area contributed by atoms with Gasteiger partial charge in [-0.3, -0.25) is 0 Å². The van der Waals surface area contributed by atoms with Crippen LogP contribution in [-0.2, 0) is 0 Å². The van der Waals surface area contributed by atoms with E-state index in [0.29, 0.717) is 21.4 Å². The minimum Gasteiger partial charge on any atom is -0.457 e. The quantitative estimate of drug-likeness (QED) is 0.808. The smallest absolute Gasteiger partial charge is 0.154 e. The lowest BCUT2D eigenvalue weighted by Gasteiger charge is -2.23. The second-order valence-electron chi connectivity index (χ2n) is 5.20. The van der Waals surface area contributed by atoms with Crippen molar-refractivity contribution in [2.24, 2.45) is 5.41 Å². The number of aliphatic hydroxyl groups is 1. The summed E-state index contributed by atoms with van der Waals surface area (Å²) in [4.78, 5) is 0. The molecule has 2 nitrogen and oxygen atoms in total. The summed E-state index contributed by atoms with van der Waals surface area (Å²) in [6.45, 7) is 5.83. The highest BCUT2D eigenvalue weighted by Crippen LogP contribution is 2.38. The van der Waals surface area contributed by atoms with Gasteiger partial charge in [0.25, 0.3) is 0 Å². The van der Waals surface area contributed by atoms with Crippen molar-refractivity contribution in [1.82, 2.24) is 0 Å². The second kappa shape index (κ2) is 4.20. The van der Waals surface area contributed by atoms with E-state index in [1.54, 1.807) is 12.1 Å². The van der Waals surface area contributed by atoms with Gasteiger partial charge in [0, 0.05) is 5.39 Å². The molecule has 0 spiro atoms. The van der Waals surface area contributed by atoms with E-state index in [1.165, 1.54) is 0 Å². The zero-order valence-corrected chi connectivity index (χ0v) is 11.4. The summed E-state index contributed by atoms with van der Waals surface area (Å²) < 4.78 is 5.60. The molecule has 0 aliphatic heterocycles. The maximum Gasteiger partial charge on any atom is 0.154 e. The molecule has 0 aliphatic carbocycles. The van der Waals surface area contributed by atoms with Gasteiger partial charge >= 0.3 is 0 Å². The number of hydrogen-bond acceptors (Lipinski definition) is 2. The fourth-order valence-corrected chi connectivity index (χ4v) is 1.99. The molecule has 0 saturated carbocycles. The lowest BCUT2D eigenvalue weighted by molar-refractivity contribution is 0.0448. The van der Waals surface area contributed by atoms with E-state index in [-0.39, 0.29) is 5.41 Å². The van der Waals surface area contributed by atoms with E-state index in [1.807, 2.05) is 26.8 Å². The Morgan fingerprint density at radius 2 is 1.88 bits per heavy atom. The monoisotopic (exact) mass is 272 g/mol. The average Bonchev–Trinajstić information content (AvgIpc) is 2.65. The Balaban J connectivity index is 2.56. The van der Waals surface area contributed by atoms with Gasteiger partial charge in [-0.2, -0.15) is 0 Å². The lowest BCUT2D eigenvalue weighted by Crippen LogP contribution is -2.16. The molecule has 2 rings (SSSR count). The third kappa shape index (κ3) is 2.30. The summed E-state index contributed by atoms with van der Waals surface area (Å²) in [5.74, 6) is 0.511. The van der Waals surface area contributed by atoms with Crippen LogP contribution in [0.1, 0.15) is 32.6 Å². The fraction of sp³-hybridized carbons (Fsp3) is 0.385. The number of aliphatic hydroxyl groups excluding tert-OH is 1. The van der Waals surface area contributed by atoms with E-state index in [2.05, 4.69) is 0 Å². The molecule has 2 aromatic rings. The van der Waals surface area contributed by atoms with Gasteiger partial charge in [0.15, 0.2) is 5.58 Å². The molecule has 0 radical (unpaired) electrons. The van der Waals surface area contributed by atoms with Gasteiger partial charge in [0.2, 0.25) is 0 Å². The number of rotatable bonds is 1. The Morgan fingerprint density at radius 1 is 1.24 bits per heavy atom. The summed E-state index contributed by atoms with van der Waals surface area (Å²) in [5, 5.41) is 11.8. The number of hydrogen-bond donors (Lipinski definition) is 1. The number of furan rings is 1. The Kier molecular flexibility index (Phi) is 3.15. The summed E-state index contributed by atoms with van der Waals surface area (Å²) in [7, 11) is 0. The van der Waals surface area contributed by atoms with Crippen LogP contribution in [0, 0.1) is 5.41 Å². The molecule has 1 unspecified atom stereocenters. The van der Waals surface area contributed by atoms with Crippen molar-refractivity contribution in [3.63, 3.8) is 0 Å². The summed E-state index contributed by atoms with van der Waals surface area (Å²) in [6.07, 6.45) is -0.676. The van der Waals surface area contributed by atoms with Crippen LogP contribution >= 0.6 is 23.2 Å². The molecule has 4 heteroatoms. The standard InChI is InChI=1S/C13H14Cl2O2/c1-13(2,3)12(16)9-6-7-4-5-8(14)10(15)11(7)17-9/h4-6,12,16H,1-3H3. The molecule has 1 heterocycles. The highest BCUT2D eigenvalue weighted by molar-refractivity contribution is 6.44. The molecule has 92 valence electrons. The van der Waals surface area contributed by atoms with E-state index in [0.717, 1.165) is 5.39 Å². The predicted octanol–water partition coefficient (Wildman–Crippen LogP) is 4.82. The number of benzene rings is 1. The van der Waals surface area contributed by atoms with Crippen molar-refractivity contribution in [2.45, 2.75) is 26.9 Å². The van der Waals surface area contributed by atoms with Crippen LogP contribution in [0.3, 0.4) is 0 Å². The zero-order chi connectivity index (χ0) is 12.8. The van der Waals surface area contributed by atoms with Crippen LogP contribution in [-0.4, -0.2) is 5.11 Å². The molecule has 0 amide bonds. The first kappa shape index (κ1) is 12.7. The number of fused-ring (bicyclic) bond motifs is 1. The average molecular weight is 273 g/mol. The molecule has 1 aromatic heterocycles. The van der Waals surface area contributed by atoms with Crippen LogP contribution < -0.4 is 0 Å². The highest BCUT2D eigenvalue weighted by Gasteiger charge is 2.27. The Bertz CT molecular complexity index is 552. The van der Waals surface area contributed by atoms with Crippen molar-refractivity contribution >= 4 is 34.2 Å². The normalized spacial score (nSPS) is 14.2. The Morgan fingerprint density at radius 3 is 2.47 bits per heavy atom. The molecule has 17 heavy (non-hydrogen) atoms. The minimum absolute atomic E-state index is 0.288. The van der Waals surface area contributed by atoms with Crippen molar-refractivity contribution in [2.75, 3.05) is 0 Å². The van der Waals surface area contributed by atoms with Gasteiger partial charge in [-0.05, 0) is 23.6 Å². The molecular weight excluding hydrogens is 259 g/mol. The molecule has 0 bridgehead atoms. The molecular formula is C13H14Cl2O2. The van der Waals surface area contributed by atoms with Gasteiger partial charge in [-0.1, -0.05) is 44.0 Å². The molecule has 1 atom stereocenters. The van der Waals surface area contributed by atoms with E-state index in [9.17, 15) is 5.11 Å². The van der Waals surface area contributed by atoms with Crippen LogP contribution in [0.4, 0.5) is 0 Å². The van der Waals surface area contributed by atoms with Crippen LogP contribution in [0.2, 0.25) is 10.0 Å². The third-order valence-electron chi connectivity index (χ3n) is 2.69. The van der Waals surface area contributed by atoms with Crippen molar-refractivity contribution < 1.29 is 9.52 Å². The van der Waals surface area contributed by atoms with Crippen molar-refractivity contribution in [3.05, 3.63) is 34.0 Å². The first-order valence-electron chi connectivity index (χ1n) is 5.36. The largest absolute Gasteiger partial charge is 0.457 e. The molecule has 0 fully saturated rings. The van der Waals surface area contributed by atoms with Gasteiger partial charge in [0.05, 0.1) is 5.02 Å². The number of halogens is 2. The maximum atomic E-state index is 10.1. The van der Waals surface area contributed by atoms with Crippen LogP contribution in [0.25, 0.3) is 11.0 Å². The molecule has 0 saturated heterocycles. The zero-order valence-electron chi connectivity index (χ0n) is 9.92. The fourth-order valence-electron chi connectivity index (χ4n) is 1.63. The van der Waals surface area contributed by atoms with Crippen LogP contribution in [0.5, 0.6) is 0 Å². The second-order valence-corrected chi connectivity index (χ2v) is 5.98. The van der Waals surface area contributed by atoms with Crippen molar-refractivity contribution in [3.8, 4) is 0 Å². The summed E-state index contributed by atoms with van der Waals surface area (Å²) in [6, 6.07) is 5.34. The lowest BCUT2D eigenvalue weighted by atomic mass is 9.88. The first-order chi connectivity index (χ1) is 7.80. The Hall–Kier alpha value is -0.700. The Labute approximate surface area is 110 Å². The van der Waals surface area contributed by atoms with Gasteiger partial charge in [0.1, 0.15) is 16.9 Å². The van der Waals surface area contributed by atoms with E-state index in [4.69, 9.17) is 27.6 Å². The van der Waals surface area contributed by atoms with Crippen LogP contribution in [0.15, 0.2) is 22.6 Å². The molecule has 0 aliphatic rings. The minimum atomic E-state index is -0.676. The van der Waals surface area contributed by atoms with E-state index >= 15 is 0 Å². The topological polar surface area (TPSA) is 33.4 Å². The maximum absolute atomic E-state index is 10.1. The van der Waals surface area contributed by atoms with Gasteiger partial charge in [-0.25, -0.2) is 0 Å². The third-order valence-corrected chi connectivity index (χ3v) is 3.47. The molecule has 1 N–H and O–H groups in total. The first-order valence-corrected chi connectivity index (χ1v) is 6.12. The van der Waals surface area contributed by atoms with E-state index < -0.39 is 6.10 Å². The summed E-state index contributed by atoms with van der Waals surface area (Å²) >= 11 is 12.0. The highest BCUT2D eigenvalue weighted by atomic mass is 35.5. The molecule has 1 aromatic carbocycles.